The fourth-order valence-corrected chi connectivity index (χ4v) is 4.18. The molecule has 0 nitrogen and oxygen atoms in total. The molecule has 0 unspecified atom stereocenters. The van der Waals surface area contributed by atoms with E-state index < -0.39 is 0 Å². The third-order valence-electron chi connectivity index (χ3n) is 5.35. The minimum Gasteiger partial charge on any atom is -0.0877 e. The van der Waals surface area contributed by atoms with Crippen molar-refractivity contribution >= 4 is 6.08 Å². The van der Waals surface area contributed by atoms with E-state index in [1.165, 1.54) is 33.4 Å². The number of aryl methyl sites for hydroxylation is 1. The number of hydrogen-bond acceptors (Lipinski definition) is 0. The molecule has 0 heteroatoms. The third kappa shape index (κ3) is 2.88. The molecule has 0 saturated heterocycles. The molecule has 0 aliphatic heterocycles. The van der Waals surface area contributed by atoms with E-state index in [-0.39, 0.29) is 5.41 Å². The minimum atomic E-state index is -0.290. The van der Waals surface area contributed by atoms with Gasteiger partial charge in [-0.3, -0.25) is 0 Å². The second kappa shape index (κ2) is 7.25. The zero-order valence-corrected chi connectivity index (χ0v) is 15.9. The van der Waals surface area contributed by atoms with Crippen molar-refractivity contribution < 1.29 is 0 Å². The molecular weight excluding hydrogens is 324 g/mol. The fraction of sp³-hybridized carbons (Fsp3) is 0.111. The van der Waals surface area contributed by atoms with Crippen LogP contribution in [0.3, 0.4) is 0 Å². The molecular formula is C27H24. The maximum atomic E-state index is 2.35. The van der Waals surface area contributed by atoms with Crippen molar-refractivity contribution in [3.63, 3.8) is 0 Å². The smallest absolute Gasteiger partial charge is 0.0707 e. The number of fused-ring (bicyclic) bond motifs is 1. The lowest BCUT2D eigenvalue weighted by atomic mass is 9.66. The zero-order chi connectivity index (χ0) is 18.7. The first-order valence-electron chi connectivity index (χ1n) is 9.50. The summed E-state index contributed by atoms with van der Waals surface area (Å²) in [5.41, 5.74) is 7.57. The first-order chi connectivity index (χ1) is 13.3. The Bertz CT molecular complexity index is 979. The van der Waals surface area contributed by atoms with Crippen molar-refractivity contribution in [3.05, 3.63) is 137 Å². The zero-order valence-electron chi connectivity index (χ0n) is 15.9. The molecule has 0 spiro atoms. The molecule has 4 rings (SSSR count). The summed E-state index contributed by atoms with van der Waals surface area (Å²) < 4.78 is 0. The van der Waals surface area contributed by atoms with E-state index in [1.807, 2.05) is 6.92 Å². The van der Waals surface area contributed by atoms with Gasteiger partial charge in [0.25, 0.3) is 0 Å². The Morgan fingerprint density at radius 1 is 0.741 bits per heavy atom. The van der Waals surface area contributed by atoms with E-state index in [4.69, 9.17) is 0 Å². The van der Waals surface area contributed by atoms with Crippen LogP contribution in [-0.4, -0.2) is 0 Å². The standard InChI is InChI=1S/C27H24/c1-3-4-7-16-25-20-22-18-17-21(2)19-26(22)27(25,23-12-8-5-9-13-23)24-14-10-6-11-15-24/h3-20H,1-2H3/b4-3-,16-7-. The van der Waals surface area contributed by atoms with E-state index in [0.717, 1.165) is 0 Å². The summed E-state index contributed by atoms with van der Waals surface area (Å²) in [6.07, 6.45) is 10.9. The van der Waals surface area contributed by atoms with Gasteiger partial charge in [-0.05, 0) is 47.8 Å². The third-order valence-corrected chi connectivity index (χ3v) is 5.35. The van der Waals surface area contributed by atoms with Crippen LogP contribution in [0.15, 0.2) is 109 Å². The van der Waals surface area contributed by atoms with E-state index in [9.17, 15) is 0 Å². The van der Waals surface area contributed by atoms with Gasteiger partial charge in [0.1, 0.15) is 0 Å². The molecule has 1 aliphatic rings. The van der Waals surface area contributed by atoms with Crippen LogP contribution in [0.5, 0.6) is 0 Å². The first kappa shape index (κ1) is 17.3. The van der Waals surface area contributed by atoms with Gasteiger partial charge in [-0.25, -0.2) is 0 Å². The van der Waals surface area contributed by atoms with Crippen LogP contribution in [-0.2, 0) is 5.41 Å². The summed E-state index contributed by atoms with van der Waals surface area (Å²) >= 11 is 0. The Morgan fingerprint density at radius 2 is 1.37 bits per heavy atom. The highest BCUT2D eigenvalue weighted by atomic mass is 14.4. The Hall–Kier alpha value is -3.12. The molecule has 0 amide bonds. The average molecular weight is 348 g/mol. The monoisotopic (exact) mass is 348 g/mol. The lowest BCUT2D eigenvalue weighted by molar-refractivity contribution is 0.761. The summed E-state index contributed by atoms with van der Waals surface area (Å²) in [4.78, 5) is 0. The second-order valence-electron chi connectivity index (χ2n) is 7.06. The van der Waals surface area contributed by atoms with Crippen LogP contribution in [0, 0.1) is 6.92 Å². The van der Waals surface area contributed by atoms with Crippen LogP contribution >= 0.6 is 0 Å². The minimum absolute atomic E-state index is 0.290. The molecule has 3 aromatic rings. The van der Waals surface area contributed by atoms with Gasteiger partial charge in [0, 0.05) is 0 Å². The van der Waals surface area contributed by atoms with Gasteiger partial charge in [-0.1, -0.05) is 109 Å². The predicted molar refractivity (Wildman–Crippen MR) is 116 cm³/mol. The van der Waals surface area contributed by atoms with Gasteiger partial charge in [0.2, 0.25) is 0 Å². The van der Waals surface area contributed by atoms with Crippen molar-refractivity contribution in [2.24, 2.45) is 0 Å². The molecule has 0 aromatic heterocycles. The summed E-state index contributed by atoms with van der Waals surface area (Å²) in [5.74, 6) is 0. The summed E-state index contributed by atoms with van der Waals surface area (Å²) in [7, 11) is 0. The van der Waals surface area contributed by atoms with Crippen molar-refractivity contribution in [1.29, 1.82) is 0 Å². The molecule has 0 atom stereocenters. The fourth-order valence-electron chi connectivity index (χ4n) is 4.18. The predicted octanol–water partition coefficient (Wildman–Crippen LogP) is 6.86. The maximum Gasteiger partial charge on any atom is 0.0707 e. The lowest BCUT2D eigenvalue weighted by Crippen LogP contribution is -2.29. The van der Waals surface area contributed by atoms with E-state index in [2.05, 4.69) is 116 Å². The van der Waals surface area contributed by atoms with Gasteiger partial charge in [-0.2, -0.15) is 0 Å². The SMILES string of the molecule is C/C=C\C=C/C1=Cc2ccc(C)cc2C1(c1ccccc1)c1ccccc1. The first-order valence-corrected chi connectivity index (χ1v) is 9.50. The Balaban J connectivity index is 2.08. The van der Waals surface area contributed by atoms with Crippen molar-refractivity contribution in [2.75, 3.05) is 0 Å². The molecule has 0 heterocycles. The normalized spacial score (nSPS) is 15.3. The highest BCUT2D eigenvalue weighted by Crippen LogP contribution is 2.51. The Morgan fingerprint density at radius 3 is 1.96 bits per heavy atom. The summed E-state index contributed by atoms with van der Waals surface area (Å²) in [5, 5.41) is 0. The number of allylic oxidation sites excluding steroid dienone is 5. The van der Waals surface area contributed by atoms with Crippen LogP contribution in [0.25, 0.3) is 6.08 Å². The molecule has 0 radical (unpaired) electrons. The second-order valence-corrected chi connectivity index (χ2v) is 7.06. The highest BCUT2D eigenvalue weighted by molar-refractivity contribution is 5.79. The highest BCUT2D eigenvalue weighted by Gasteiger charge is 2.43. The lowest BCUT2D eigenvalue weighted by Gasteiger charge is -2.35. The molecule has 1 aliphatic carbocycles. The van der Waals surface area contributed by atoms with Crippen LogP contribution in [0.4, 0.5) is 0 Å². The molecule has 0 bridgehead atoms. The molecule has 0 saturated carbocycles. The largest absolute Gasteiger partial charge is 0.0877 e. The summed E-state index contributed by atoms with van der Waals surface area (Å²) in [6, 6.07) is 28.6. The quantitative estimate of drug-likeness (QED) is 0.452. The van der Waals surface area contributed by atoms with Gasteiger partial charge in [0.15, 0.2) is 0 Å². The number of hydrogen-bond donors (Lipinski definition) is 0. The van der Waals surface area contributed by atoms with Crippen LogP contribution in [0.1, 0.15) is 34.7 Å². The van der Waals surface area contributed by atoms with E-state index in [1.54, 1.807) is 0 Å². The topological polar surface area (TPSA) is 0 Å². The molecule has 0 fully saturated rings. The Kier molecular flexibility index (Phi) is 4.64. The van der Waals surface area contributed by atoms with Crippen molar-refractivity contribution in [2.45, 2.75) is 19.3 Å². The molecule has 132 valence electrons. The van der Waals surface area contributed by atoms with Gasteiger partial charge >= 0.3 is 0 Å². The van der Waals surface area contributed by atoms with E-state index >= 15 is 0 Å². The summed E-state index contributed by atoms with van der Waals surface area (Å²) in [6.45, 7) is 4.22. The number of benzene rings is 3. The molecule has 27 heavy (non-hydrogen) atoms. The molecule has 0 N–H and O–H groups in total. The van der Waals surface area contributed by atoms with Crippen LogP contribution in [0.2, 0.25) is 0 Å². The maximum absolute atomic E-state index is 2.35. The van der Waals surface area contributed by atoms with E-state index in [0.29, 0.717) is 0 Å². The average Bonchev–Trinajstić information content (AvgIpc) is 3.03. The molecule has 3 aromatic carbocycles. The van der Waals surface area contributed by atoms with Gasteiger partial charge in [-0.15, -0.1) is 0 Å². The Labute approximate surface area is 162 Å². The number of rotatable bonds is 4. The van der Waals surface area contributed by atoms with Crippen molar-refractivity contribution in [1.82, 2.24) is 0 Å². The van der Waals surface area contributed by atoms with Gasteiger partial charge in [0.05, 0.1) is 5.41 Å². The van der Waals surface area contributed by atoms with Gasteiger partial charge < -0.3 is 0 Å². The van der Waals surface area contributed by atoms with Crippen LogP contribution < -0.4 is 0 Å². The van der Waals surface area contributed by atoms with Crippen molar-refractivity contribution in [3.8, 4) is 0 Å².